The SMILES string of the molecule is O=c1[nH]c(-c2ccccc2)cn1C1CCN(I)CC1. The molecule has 0 saturated carbocycles. The molecule has 4 nitrogen and oxygen atoms in total. The van der Waals surface area contributed by atoms with E-state index in [1.165, 1.54) is 0 Å². The van der Waals surface area contributed by atoms with E-state index in [4.69, 9.17) is 0 Å². The van der Waals surface area contributed by atoms with Crippen LogP contribution < -0.4 is 5.69 Å². The lowest BCUT2D eigenvalue weighted by Gasteiger charge is -2.27. The number of nitrogens with one attached hydrogen (secondary N) is 1. The van der Waals surface area contributed by atoms with E-state index in [1.807, 2.05) is 41.1 Å². The summed E-state index contributed by atoms with van der Waals surface area (Å²) in [6.07, 6.45) is 4.04. The zero-order chi connectivity index (χ0) is 13.2. The van der Waals surface area contributed by atoms with Crippen LogP contribution in [0.4, 0.5) is 0 Å². The van der Waals surface area contributed by atoms with Gasteiger partial charge >= 0.3 is 5.69 Å². The van der Waals surface area contributed by atoms with Gasteiger partial charge in [0.05, 0.1) is 5.69 Å². The Morgan fingerprint density at radius 3 is 2.53 bits per heavy atom. The van der Waals surface area contributed by atoms with Crippen LogP contribution in [0, 0.1) is 0 Å². The van der Waals surface area contributed by atoms with Gasteiger partial charge in [0.15, 0.2) is 0 Å². The highest BCUT2D eigenvalue weighted by Gasteiger charge is 2.21. The quantitative estimate of drug-likeness (QED) is 0.654. The van der Waals surface area contributed by atoms with E-state index in [0.717, 1.165) is 37.2 Å². The van der Waals surface area contributed by atoms with Gasteiger partial charge in [0.1, 0.15) is 0 Å². The van der Waals surface area contributed by atoms with Crippen molar-refractivity contribution in [3.63, 3.8) is 0 Å². The minimum Gasteiger partial charge on any atom is -0.306 e. The Bertz CT molecular complexity index is 597. The molecule has 0 aliphatic carbocycles. The molecule has 1 aliphatic rings. The normalized spacial score (nSPS) is 17.7. The Labute approximate surface area is 125 Å². The fraction of sp³-hybridized carbons (Fsp3) is 0.357. The van der Waals surface area contributed by atoms with E-state index >= 15 is 0 Å². The summed E-state index contributed by atoms with van der Waals surface area (Å²) in [5, 5.41) is 0. The number of piperidine rings is 1. The van der Waals surface area contributed by atoms with Crippen LogP contribution in [0.5, 0.6) is 0 Å². The van der Waals surface area contributed by atoms with Gasteiger partial charge in [0, 0.05) is 48.2 Å². The predicted octanol–water partition coefficient (Wildman–Crippen LogP) is 2.83. The molecule has 0 atom stereocenters. The minimum atomic E-state index is 0.00533. The fourth-order valence-corrected chi connectivity index (χ4v) is 3.11. The number of aromatic nitrogens is 2. The number of hydrogen-bond acceptors (Lipinski definition) is 2. The maximum Gasteiger partial charge on any atom is 0.326 e. The summed E-state index contributed by atoms with van der Waals surface area (Å²) in [5.41, 5.74) is 1.97. The molecule has 1 N–H and O–H groups in total. The third kappa shape index (κ3) is 2.76. The number of nitrogens with zero attached hydrogens (tertiary/aromatic N) is 2. The zero-order valence-electron chi connectivity index (χ0n) is 10.6. The lowest BCUT2D eigenvalue weighted by Crippen LogP contribution is -2.31. The second-order valence-electron chi connectivity index (χ2n) is 4.89. The number of imidazole rings is 1. The molecule has 3 rings (SSSR count). The fourth-order valence-electron chi connectivity index (χ4n) is 2.56. The Morgan fingerprint density at radius 1 is 1.16 bits per heavy atom. The van der Waals surface area contributed by atoms with E-state index in [2.05, 4.69) is 31.0 Å². The number of halogens is 1. The van der Waals surface area contributed by atoms with Gasteiger partial charge in [-0.15, -0.1) is 0 Å². The van der Waals surface area contributed by atoms with Crippen LogP contribution in [-0.2, 0) is 0 Å². The third-order valence-corrected chi connectivity index (χ3v) is 4.60. The molecule has 1 aromatic carbocycles. The van der Waals surface area contributed by atoms with Crippen molar-refractivity contribution in [2.75, 3.05) is 13.1 Å². The third-order valence-electron chi connectivity index (χ3n) is 3.63. The molecule has 19 heavy (non-hydrogen) atoms. The van der Waals surface area contributed by atoms with E-state index in [0.29, 0.717) is 6.04 Å². The van der Waals surface area contributed by atoms with E-state index < -0.39 is 0 Å². The summed E-state index contributed by atoms with van der Waals surface area (Å²) in [4.78, 5) is 15.0. The average Bonchev–Trinajstić information content (AvgIpc) is 2.83. The molecule has 1 aliphatic heterocycles. The van der Waals surface area contributed by atoms with Gasteiger partial charge in [-0.1, -0.05) is 30.3 Å². The van der Waals surface area contributed by atoms with Crippen molar-refractivity contribution < 1.29 is 0 Å². The van der Waals surface area contributed by atoms with Gasteiger partial charge in [0.25, 0.3) is 0 Å². The smallest absolute Gasteiger partial charge is 0.306 e. The molecule has 0 radical (unpaired) electrons. The summed E-state index contributed by atoms with van der Waals surface area (Å²) in [6, 6.07) is 10.3. The van der Waals surface area contributed by atoms with E-state index in [1.54, 1.807) is 0 Å². The molecule has 2 heterocycles. The van der Waals surface area contributed by atoms with E-state index in [-0.39, 0.29) is 5.69 Å². The molecule has 0 amide bonds. The summed E-state index contributed by atoms with van der Waals surface area (Å²) in [6.45, 7) is 2.09. The number of rotatable bonds is 2. The molecule has 1 fully saturated rings. The molecule has 1 aromatic heterocycles. The van der Waals surface area contributed by atoms with Crippen molar-refractivity contribution in [1.82, 2.24) is 12.7 Å². The van der Waals surface area contributed by atoms with Crippen molar-refractivity contribution in [3.8, 4) is 11.3 Å². The Kier molecular flexibility index (Phi) is 3.74. The van der Waals surface area contributed by atoms with Crippen LogP contribution in [-0.4, -0.2) is 25.8 Å². The van der Waals surface area contributed by atoms with Crippen molar-refractivity contribution in [2.45, 2.75) is 18.9 Å². The molecule has 0 spiro atoms. The van der Waals surface area contributed by atoms with Crippen LogP contribution in [0.3, 0.4) is 0 Å². The average molecular weight is 369 g/mol. The van der Waals surface area contributed by atoms with Crippen molar-refractivity contribution >= 4 is 22.9 Å². The van der Waals surface area contributed by atoms with Gasteiger partial charge < -0.3 is 4.98 Å². The van der Waals surface area contributed by atoms with Crippen molar-refractivity contribution in [1.29, 1.82) is 0 Å². The molecule has 2 aromatic rings. The molecule has 1 saturated heterocycles. The lowest BCUT2D eigenvalue weighted by molar-refractivity contribution is 0.303. The maximum atomic E-state index is 12.1. The zero-order valence-corrected chi connectivity index (χ0v) is 12.7. The molecular weight excluding hydrogens is 353 g/mol. The monoisotopic (exact) mass is 369 g/mol. The summed E-state index contributed by atoms with van der Waals surface area (Å²) >= 11 is 2.35. The first-order chi connectivity index (χ1) is 9.24. The van der Waals surface area contributed by atoms with Gasteiger partial charge in [-0.25, -0.2) is 7.91 Å². The first-order valence-electron chi connectivity index (χ1n) is 6.51. The van der Waals surface area contributed by atoms with Crippen LogP contribution in [0.2, 0.25) is 0 Å². The number of aromatic amines is 1. The second kappa shape index (κ2) is 5.50. The lowest BCUT2D eigenvalue weighted by atomic mass is 10.1. The maximum absolute atomic E-state index is 12.1. The molecule has 100 valence electrons. The number of benzene rings is 1. The van der Waals surface area contributed by atoms with E-state index in [9.17, 15) is 4.79 Å². The first kappa shape index (κ1) is 12.9. The Hall–Kier alpha value is -1.08. The highest BCUT2D eigenvalue weighted by atomic mass is 127. The van der Waals surface area contributed by atoms with Crippen LogP contribution in [0.1, 0.15) is 18.9 Å². The minimum absolute atomic E-state index is 0.00533. The summed E-state index contributed by atoms with van der Waals surface area (Å²) in [5.74, 6) is 0. The van der Waals surface area contributed by atoms with Gasteiger partial charge in [-0.05, 0) is 18.4 Å². The standard InChI is InChI=1S/C14H16IN3O/c15-17-8-6-12(7-9-17)18-10-13(16-14(18)19)11-4-2-1-3-5-11/h1-5,10,12H,6-9H2,(H,16,19). The summed E-state index contributed by atoms with van der Waals surface area (Å²) < 4.78 is 4.15. The first-order valence-corrected chi connectivity index (χ1v) is 7.48. The van der Waals surface area contributed by atoms with Gasteiger partial charge in [-0.2, -0.15) is 0 Å². The van der Waals surface area contributed by atoms with Crippen molar-refractivity contribution in [3.05, 3.63) is 47.0 Å². The predicted molar refractivity (Wildman–Crippen MR) is 84.4 cm³/mol. The van der Waals surface area contributed by atoms with Gasteiger partial charge in [-0.3, -0.25) is 4.57 Å². The highest BCUT2D eigenvalue weighted by molar-refractivity contribution is 14.1. The number of hydrogen-bond donors (Lipinski definition) is 1. The Balaban J connectivity index is 1.88. The highest BCUT2D eigenvalue weighted by Crippen LogP contribution is 2.24. The molecule has 0 unspecified atom stereocenters. The number of H-pyrrole nitrogens is 1. The Morgan fingerprint density at radius 2 is 1.84 bits per heavy atom. The molecule has 0 bridgehead atoms. The second-order valence-corrected chi connectivity index (χ2v) is 6.25. The van der Waals surface area contributed by atoms with Gasteiger partial charge in [0.2, 0.25) is 0 Å². The summed E-state index contributed by atoms with van der Waals surface area (Å²) in [7, 11) is 0. The molecular formula is C14H16IN3O. The van der Waals surface area contributed by atoms with Crippen LogP contribution in [0.25, 0.3) is 11.3 Å². The van der Waals surface area contributed by atoms with Crippen LogP contribution in [0.15, 0.2) is 41.3 Å². The largest absolute Gasteiger partial charge is 0.326 e. The topological polar surface area (TPSA) is 41.0 Å². The van der Waals surface area contributed by atoms with Crippen molar-refractivity contribution in [2.24, 2.45) is 0 Å². The molecule has 5 heteroatoms. The van der Waals surface area contributed by atoms with Crippen LogP contribution >= 0.6 is 22.9 Å².